The van der Waals surface area contributed by atoms with Crippen LogP contribution in [0.5, 0.6) is 0 Å². The maximum atomic E-state index is 12.5. The van der Waals surface area contributed by atoms with Crippen LogP contribution in [0, 0.1) is 5.92 Å². The second-order valence-corrected chi connectivity index (χ2v) is 7.17. The second kappa shape index (κ2) is 6.37. The topological polar surface area (TPSA) is 58.4 Å². The minimum atomic E-state index is 0.0245. The van der Waals surface area contributed by atoms with Crippen LogP contribution in [0.4, 0.5) is 0 Å². The number of rotatable bonds is 4. The summed E-state index contributed by atoms with van der Waals surface area (Å²) in [5.74, 6) is 0.667. The van der Waals surface area contributed by atoms with Gasteiger partial charge in [-0.15, -0.1) is 0 Å². The van der Waals surface area contributed by atoms with Crippen LogP contribution >= 0.6 is 11.8 Å². The first-order chi connectivity index (χ1) is 11.3. The van der Waals surface area contributed by atoms with E-state index in [0.717, 1.165) is 11.4 Å². The number of nitrogens with zero attached hydrogens (tertiary/aromatic N) is 2. The Balaban J connectivity index is 1.38. The first-order valence-electron chi connectivity index (χ1n) is 7.98. The Bertz CT molecular complexity index is 664. The molecule has 3 saturated heterocycles. The quantitative estimate of drug-likeness (QED) is 0.934. The van der Waals surface area contributed by atoms with Gasteiger partial charge in [-0.05, 0) is 67.9 Å². The number of carbonyl (C=O) groups excluding carboxylic acids is 1. The molecule has 120 valence electrons. The molecular formula is C17H19N3O2S. The van der Waals surface area contributed by atoms with Crippen molar-refractivity contribution in [3.05, 3.63) is 42.3 Å². The van der Waals surface area contributed by atoms with Crippen molar-refractivity contribution in [2.45, 2.75) is 29.0 Å². The third-order valence-electron chi connectivity index (χ3n) is 4.70. The molecule has 4 heterocycles. The maximum absolute atomic E-state index is 12.5. The van der Waals surface area contributed by atoms with Gasteiger partial charge in [0.05, 0.1) is 6.20 Å². The smallest absolute Gasteiger partial charge is 0.260 e. The molecule has 5 rings (SSSR count). The maximum Gasteiger partial charge on any atom is 0.260 e. The summed E-state index contributed by atoms with van der Waals surface area (Å²) in [5, 5.41) is 3.82. The lowest BCUT2D eigenvalue weighted by Crippen LogP contribution is -2.57. The number of benzene rings is 1. The third-order valence-corrected chi connectivity index (χ3v) is 5.59. The van der Waals surface area contributed by atoms with Crippen molar-refractivity contribution in [3.63, 3.8) is 0 Å². The molecule has 5 nitrogen and oxygen atoms in total. The van der Waals surface area contributed by atoms with E-state index >= 15 is 0 Å². The van der Waals surface area contributed by atoms with Crippen LogP contribution in [-0.4, -0.2) is 41.5 Å². The Morgan fingerprint density at radius 1 is 1.26 bits per heavy atom. The molecule has 3 aliphatic rings. The number of oxazole rings is 1. The molecule has 1 atom stereocenters. The van der Waals surface area contributed by atoms with Gasteiger partial charge < -0.3 is 14.6 Å². The lowest BCUT2D eigenvalue weighted by Gasteiger charge is -2.44. The summed E-state index contributed by atoms with van der Waals surface area (Å²) < 4.78 is 5.21. The molecular weight excluding hydrogens is 310 g/mol. The van der Waals surface area contributed by atoms with Crippen LogP contribution in [-0.2, 0) is 0 Å². The number of hydrogen-bond donors (Lipinski definition) is 1. The van der Waals surface area contributed by atoms with E-state index in [1.807, 2.05) is 24.3 Å². The number of hydrogen-bond acceptors (Lipinski definition) is 5. The van der Waals surface area contributed by atoms with Crippen LogP contribution in [0.15, 0.2) is 51.3 Å². The molecule has 3 aliphatic heterocycles. The summed E-state index contributed by atoms with van der Waals surface area (Å²) in [5.41, 5.74) is 0.707. The van der Waals surface area contributed by atoms with Crippen molar-refractivity contribution in [3.8, 4) is 0 Å². The normalized spacial score (nSPS) is 26.2. The zero-order chi connectivity index (χ0) is 15.6. The zero-order valence-electron chi connectivity index (χ0n) is 12.8. The summed E-state index contributed by atoms with van der Waals surface area (Å²) in [7, 11) is 0. The van der Waals surface area contributed by atoms with E-state index < -0.39 is 0 Å². The molecule has 1 unspecified atom stereocenters. The molecule has 6 heteroatoms. The molecule has 23 heavy (non-hydrogen) atoms. The van der Waals surface area contributed by atoms with Gasteiger partial charge in [0.2, 0.25) is 0 Å². The minimum Gasteiger partial charge on any atom is -0.440 e. The summed E-state index contributed by atoms with van der Waals surface area (Å²) >= 11 is 1.44. The first-order valence-corrected chi connectivity index (χ1v) is 8.80. The Labute approximate surface area is 139 Å². The van der Waals surface area contributed by atoms with Gasteiger partial charge in [-0.2, -0.15) is 0 Å². The Hall–Kier alpha value is -1.79. The van der Waals surface area contributed by atoms with Gasteiger partial charge in [-0.25, -0.2) is 4.98 Å². The SMILES string of the molecule is O=C(NC1CN2CCC1CC2)c1ccc(Sc2ncco2)cc1. The predicted octanol–water partition coefficient (Wildman–Crippen LogP) is 2.65. The van der Waals surface area contributed by atoms with E-state index in [2.05, 4.69) is 15.2 Å². The molecule has 0 saturated carbocycles. The molecule has 2 aromatic rings. The molecule has 1 aromatic heterocycles. The highest BCUT2D eigenvalue weighted by molar-refractivity contribution is 7.99. The number of nitrogens with one attached hydrogen (secondary N) is 1. The van der Waals surface area contributed by atoms with Crippen molar-refractivity contribution >= 4 is 17.7 Å². The van der Waals surface area contributed by atoms with E-state index in [9.17, 15) is 4.79 Å². The molecule has 2 bridgehead atoms. The van der Waals surface area contributed by atoms with E-state index in [0.29, 0.717) is 22.7 Å². The average Bonchev–Trinajstić information content (AvgIpc) is 3.09. The van der Waals surface area contributed by atoms with Gasteiger partial charge in [0.15, 0.2) is 0 Å². The van der Waals surface area contributed by atoms with Crippen LogP contribution in [0.25, 0.3) is 0 Å². The van der Waals surface area contributed by atoms with Gasteiger partial charge in [-0.3, -0.25) is 4.79 Å². The fourth-order valence-electron chi connectivity index (χ4n) is 3.42. The zero-order valence-corrected chi connectivity index (χ0v) is 13.6. The van der Waals surface area contributed by atoms with E-state index in [4.69, 9.17) is 4.42 Å². The monoisotopic (exact) mass is 329 g/mol. The number of carbonyl (C=O) groups is 1. The van der Waals surface area contributed by atoms with Gasteiger partial charge in [0, 0.05) is 23.0 Å². The van der Waals surface area contributed by atoms with Crippen molar-refractivity contribution in [2.75, 3.05) is 19.6 Å². The third kappa shape index (κ3) is 3.28. The molecule has 0 aliphatic carbocycles. The molecule has 0 spiro atoms. The highest BCUT2D eigenvalue weighted by Gasteiger charge is 2.34. The number of amides is 1. The fraction of sp³-hybridized carbons (Fsp3) is 0.412. The largest absolute Gasteiger partial charge is 0.440 e. The number of piperidine rings is 3. The summed E-state index contributed by atoms with van der Waals surface area (Å²) in [4.78, 5) is 20.0. The van der Waals surface area contributed by atoms with E-state index in [1.165, 1.54) is 37.7 Å². The van der Waals surface area contributed by atoms with Crippen molar-refractivity contribution in [1.82, 2.24) is 15.2 Å². The lowest BCUT2D eigenvalue weighted by atomic mass is 9.84. The van der Waals surface area contributed by atoms with Crippen molar-refractivity contribution in [1.29, 1.82) is 0 Å². The van der Waals surface area contributed by atoms with Gasteiger partial charge >= 0.3 is 0 Å². The minimum absolute atomic E-state index is 0.0245. The Morgan fingerprint density at radius 3 is 2.65 bits per heavy atom. The molecule has 1 aromatic carbocycles. The van der Waals surface area contributed by atoms with Crippen LogP contribution < -0.4 is 5.32 Å². The number of fused-ring (bicyclic) bond motifs is 3. The first kappa shape index (κ1) is 14.8. The molecule has 0 radical (unpaired) electrons. The van der Waals surface area contributed by atoms with Crippen LogP contribution in [0.2, 0.25) is 0 Å². The average molecular weight is 329 g/mol. The summed E-state index contributed by atoms with van der Waals surface area (Å²) in [6.07, 6.45) is 5.59. The lowest BCUT2D eigenvalue weighted by molar-refractivity contribution is 0.0620. The molecule has 3 fully saturated rings. The van der Waals surface area contributed by atoms with Gasteiger partial charge in [-0.1, -0.05) is 0 Å². The van der Waals surface area contributed by atoms with Gasteiger partial charge in [0.1, 0.15) is 6.26 Å². The van der Waals surface area contributed by atoms with E-state index in [-0.39, 0.29) is 5.91 Å². The summed E-state index contributed by atoms with van der Waals surface area (Å²) in [6.45, 7) is 3.36. The van der Waals surface area contributed by atoms with E-state index in [1.54, 1.807) is 12.5 Å². The van der Waals surface area contributed by atoms with Crippen molar-refractivity contribution < 1.29 is 9.21 Å². The van der Waals surface area contributed by atoms with Gasteiger partial charge in [0.25, 0.3) is 11.1 Å². The van der Waals surface area contributed by atoms with Crippen LogP contribution in [0.1, 0.15) is 23.2 Å². The standard InChI is InChI=1S/C17H19N3O2S/c21-16(19-15-11-20-8-5-12(15)6-9-20)13-1-3-14(4-2-13)23-17-18-7-10-22-17/h1-4,7,10,12,15H,5-6,8-9,11H2,(H,19,21). The summed E-state index contributed by atoms with van der Waals surface area (Å²) in [6, 6.07) is 7.89. The highest BCUT2D eigenvalue weighted by atomic mass is 32.2. The Kier molecular flexibility index (Phi) is 4.10. The second-order valence-electron chi connectivity index (χ2n) is 6.14. The highest BCUT2D eigenvalue weighted by Crippen LogP contribution is 2.28. The Morgan fingerprint density at radius 2 is 2.04 bits per heavy atom. The predicted molar refractivity (Wildman–Crippen MR) is 87.5 cm³/mol. The number of aromatic nitrogens is 1. The fourth-order valence-corrected chi connectivity index (χ4v) is 4.11. The van der Waals surface area contributed by atoms with Crippen LogP contribution in [0.3, 0.4) is 0 Å². The molecule has 1 amide bonds. The molecule has 1 N–H and O–H groups in total. The van der Waals surface area contributed by atoms with Crippen molar-refractivity contribution in [2.24, 2.45) is 5.92 Å².